The number of carbonyl (C=O) groups excluding carboxylic acids is 1. The maximum Gasteiger partial charge on any atom is 0.313 e. The van der Waals surface area contributed by atoms with Gasteiger partial charge in [0.05, 0.1) is 5.41 Å². The smallest absolute Gasteiger partial charge is 0.313 e. The lowest BCUT2D eigenvalue weighted by Crippen LogP contribution is -2.21. The second kappa shape index (κ2) is 7.34. The Hall–Kier alpha value is -1.97. The number of allylic oxidation sites excluding steroid dienone is 1. The number of esters is 1. The van der Waals surface area contributed by atoms with Crippen molar-refractivity contribution in [2.24, 2.45) is 10.8 Å². The number of ether oxygens (including phenoxy) is 2. The molecule has 2 aromatic rings. The van der Waals surface area contributed by atoms with Crippen LogP contribution in [0.2, 0.25) is 0 Å². The second-order valence-electron chi connectivity index (χ2n) is 7.00. The first-order chi connectivity index (χ1) is 12.3. The Balaban J connectivity index is 1.55. The standard InChI is InChI=1S/C21H20Cl2O3/c1-20(12-18(22)23)14-21(20,2)19(24)25-13-15-8-10-17(11-9-15)26-16-6-4-3-5-7-16/h3-12H,13-14H2,1-2H3. The molecule has 0 aromatic heterocycles. The first-order valence-electron chi connectivity index (χ1n) is 8.35. The van der Waals surface area contributed by atoms with E-state index in [4.69, 9.17) is 32.7 Å². The number of hydrogen-bond donors (Lipinski definition) is 0. The van der Waals surface area contributed by atoms with E-state index in [9.17, 15) is 4.79 Å². The largest absolute Gasteiger partial charge is 0.460 e. The van der Waals surface area contributed by atoms with Crippen LogP contribution in [0.4, 0.5) is 0 Å². The molecule has 0 amide bonds. The molecule has 3 rings (SSSR count). The number of rotatable bonds is 6. The SMILES string of the molecule is CC1(C=C(Cl)Cl)CC1(C)C(=O)OCc1ccc(Oc2ccccc2)cc1. The molecule has 0 aliphatic heterocycles. The van der Waals surface area contributed by atoms with Crippen LogP contribution in [0, 0.1) is 10.8 Å². The van der Waals surface area contributed by atoms with Crippen molar-refractivity contribution in [3.8, 4) is 11.5 Å². The molecule has 5 heteroatoms. The molecule has 26 heavy (non-hydrogen) atoms. The van der Waals surface area contributed by atoms with E-state index in [1.54, 1.807) is 6.08 Å². The summed E-state index contributed by atoms with van der Waals surface area (Å²) >= 11 is 11.5. The van der Waals surface area contributed by atoms with Gasteiger partial charge in [0.15, 0.2) is 0 Å². The van der Waals surface area contributed by atoms with Gasteiger partial charge in [-0.2, -0.15) is 0 Å². The van der Waals surface area contributed by atoms with E-state index in [2.05, 4.69) is 0 Å². The van der Waals surface area contributed by atoms with Crippen LogP contribution in [0.3, 0.4) is 0 Å². The van der Waals surface area contributed by atoms with Gasteiger partial charge in [0, 0.05) is 5.41 Å². The van der Waals surface area contributed by atoms with Crippen molar-refractivity contribution >= 4 is 29.2 Å². The molecule has 136 valence electrons. The van der Waals surface area contributed by atoms with Gasteiger partial charge in [-0.1, -0.05) is 60.5 Å². The molecule has 0 spiro atoms. The normalized spacial score (nSPS) is 23.8. The Morgan fingerprint density at radius 2 is 1.65 bits per heavy atom. The second-order valence-corrected chi connectivity index (χ2v) is 8.00. The Morgan fingerprint density at radius 3 is 2.27 bits per heavy atom. The van der Waals surface area contributed by atoms with E-state index in [-0.39, 0.29) is 22.5 Å². The fourth-order valence-corrected chi connectivity index (χ4v) is 3.51. The number of benzene rings is 2. The van der Waals surface area contributed by atoms with Gasteiger partial charge in [0.25, 0.3) is 0 Å². The summed E-state index contributed by atoms with van der Waals surface area (Å²) in [4.78, 5) is 12.4. The lowest BCUT2D eigenvalue weighted by molar-refractivity contribution is -0.152. The summed E-state index contributed by atoms with van der Waals surface area (Å²) in [7, 11) is 0. The predicted octanol–water partition coefficient (Wildman–Crippen LogP) is 6.26. The van der Waals surface area contributed by atoms with E-state index < -0.39 is 5.41 Å². The zero-order valence-corrected chi connectivity index (χ0v) is 16.2. The average Bonchev–Trinajstić information content (AvgIpc) is 3.16. The summed E-state index contributed by atoms with van der Waals surface area (Å²) in [6.07, 6.45) is 2.39. The van der Waals surface area contributed by atoms with Crippen LogP contribution in [0.15, 0.2) is 65.2 Å². The summed E-state index contributed by atoms with van der Waals surface area (Å²) in [5.41, 5.74) is -0.0371. The zero-order valence-electron chi connectivity index (χ0n) is 14.7. The summed E-state index contributed by atoms with van der Waals surface area (Å²) < 4.78 is 11.4. The van der Waals surface area contributed by atoms with Crippen molar-refractivity contribution in [3.63, 3.8) is 0 Å². The first-order valence-corrected chi connectivity index (χ1v) is 9.11. The van der Waals surface area contributed by atoms with Gasteiger partial charge in [-0.15, -0.1) is 0 Å². The van der Waals surface area contributed by atoms with Gasteiger partial charge in [-0.25, -0.2) is 0 Å². The lowest BCUT2D eigenvalue weighted by atomic mass is 9.96. The maximum atomic E-state index is 12.4. The highest BCUT2D eigenvalue weighted by atomic mass is 35.5. The van der Waals surface area contributed by atoms with Gasteiger partial charge < -0.3 is 9.47 Å². The van der Waals surface area contributed by atoms with Gasteiger partial charge >= 0.3 is 5.97 Å². The number of hydrogen-bond acceptors (Lipinski definition) is 3. The van der Waals surface area contributed by atoms with Crippen LogP contribution in [-0.4, -0.2) is 5.97 Å². The molecule has 3 nitrogen and oxygen atoms in total. The van der Waals surface area contributed by atoms with E-state index in [1.807, 2.05) is 68.4 Å². The summed E-state index contributed by atoms with van der Waals surface area (Å²) in [5.74, 6) is 1.27. The highest BCUT2D eigenvalue weighted by Gasteiger charge is 2.65. The van der Waals surface area contributed by atoms with E-state index >= 15 is 0 Å². The predicted molar refractivity (Wildman–Crippen MR) is 103 cm³/mol. The summed E-state index contributed by atoms with van der Waals surface area (Å²) in [6.45, 7) is 4.04. The molecular formula is C21H20Cl2O3. The minimum absolute atomic E-state index is 0.179. The maximum absolute atomic E-state index is 12.4. The number of halogens is 2. The molecular weight excluding hydrogens is 371 g/mol. The van der Waals surface area contributed by atoms with Gasteiger partial charge in [0.1, 0.15) is 22.6 Å². The molecule has 0 saturated heterocycles. The van der Waals surface area contributed by atoms with E-state index in [1.165, 1.54) is 0 Å². The van der Waals surface area contributed by atoms with Crippen LogP contribution in [0.1, 0.15) is 25.8 Å². The van der Waals surface area contributed by atoms with Crippen LogP contribution >= 0.6 is 23.2 Å². The molecule has 0 radical (unpaired) electrons. The van der Waals surface area contributed by atoms with Crippen molar-refractivity contribution in [2.45, 2.75) is 26.9 Å². The topological polar surface area (TPSA) is 35.5 Å². The average molecular weight is 391 g/mol. The van der Waals surface area contributed by atoms with Crippen LogP contribution in [-0.2, 0) is 16.1 Å². The fraction of sp³-hybridized carbons (Fsp3) is 0.286. The lowest BCUT2D eigenvalue weighted by Gasteiger charge is -2.15. The summed E-state index contributed by atoms with van der Waals surface area (Å²) in [5, 5.41) is 0. The Kier molecular flexibility index (Phi) is 5.31. The monoisotopic (exact) mass is 390 g/mol. The van der Waals surface area contributed by atoms with Crippen LogP contribution in [0.25, 0.3) is 0 Å². The third-order valence-electron chi connectivity index (χ3n) is 5.01. The molecule has 0 N–H and O–H groups in total. The van der Waals surface area contributed by atoms with Crippen LogP contribution in [0.5, 0.6) is 11.5 Å². The van der Waals surface area contributed by atoms with E-state index in [0.717, 1.165) is 17.1 Å². The molecule has 2 atom stereocenters. The Morgan fingerprint density at radius 1 is 1.04 bits per heavy atom. The number of carbonyl (C=O) groups is 1. The fourth-order valence-electron chi connectivity index (χ4n) is 3.03. The van der Waals surface area contributed by atoms with Crippen molar-refractivity contribution in [1.82, 2.24) is 0 Å². The van der Waals surface area contributed by atoms with Crippen molar-refractivity contribution < 1.29 is 14.3 Å². The molecule has 1 saturated carbocycles. The minimum Gasteiger partial charge on any atom is -0.460 e. The summed E-state index contributed by atoms with van der Waals surface area (Å²) in [6, 6.07) is 17.0. The highest BCUT2D eigenvalue weighted by molar-refractivity contribution is 6.55. The minimum atomic E-state index is -0.585. The zero-order chi connectivity index (χ0) is 18.8. The Bertz CT molecular complexity index is 813. The Labute approximate surface area is 163 Å². The highest BCUT2D eigenvalue weighted by Crippen LogP contribution is 2.65. The molecule has 1 aliphatic carbocycles. The third kappa shape index (κ3) is 4.05. The third-order valence-corrected chi connectivity index (χ3v) is 5.22. The van der Waals surface area contributed by atoms with Crippen molar-refractivity contribution in [3.05, 3.63) is 70.7 Å². The quantitative estimate of drug-likeness (QED) is 0.546. The molecule has 2 aromatic carbocycles. The van der Waals surface area contributed by atoms with Gasteiger partial charge in [-0.05, 0) is 49.2 Å². The molecule has 2 unspecified atom stereocenters. The van der Waals surface area contributed by atoms with Crippen LogP contribution < -0.4 is 4.74 Å². The van der Waals surface area contributed by atoms with E-state index in [0.29, 0.717) is 6.42 Å². The molecule has 1 fully saturated rings. The molecule has 0 bridgehead atoms. The van der Waals surface area contributed by atoms with Gasteiger partial charge in [0.2, 0.25) is 0 Å². The molecule has 0 heterocycles. The number of para-hydroxylation sites is 1. The first kappa shape index (κ1) is 18.8. The van der Waals surface area contributed by atoms with Gasteiger partial charge in [-0.3, -0.25) is 4.79 Å². The molecule has 1 aliphatic rings. The van der Waals surface area contributed by atoms with Crippen molar-refractivity contribution in [2.75, 3.05) is 0 Å². The van der Waals surface area contributed by atoms with Crippen molar-refractivity contribution in [1.29, 1.82) is 0 Å².